The first kappa shape index (κ1) is 24.4. The molecule has 8 heteroatoms. The zero-order valence-corrected chi connectivity index (χ0v) is 19.1. The summed E-state index contributed by atoms with van der Waals surface area (Å²) in [6.07, 6.45) is -0.636. The highest BCUT2D eigenvalue weighted by molar-refractivity contribution is 7.50. The summed E-state index contributed by atoms with van der Waals surface area (Å²) in [6, 6.07) is 22.0. The molecule has 1 atom stereocenters. The maximum absolute atomic E-state index is 13.5. The molecule has 33 heavy (non-hydrogen) atoms. The van der Waals surface area contributed by atoms with Crippen LogP contribution in [-0.4, -0.2) is 31.7 Å². The summed E-state index contributed by atoms with van der Waals surface area (Å²) in [5.41, 5.74) is 3.32. The van der Waals surface area contributed by atoms with Crippen molar-refractivity contribution in [2.75, 3.05) is 0 Å². The van der Waals surface area contributed by atoms with Crippen molar-refractivity contribution >= 4 is 19.5 Å². The van der Waals surface area contributed by atoms with Gasteiger partial charge >= 0.3 is 13.6 Å². The Balaban J connectivity index is 2.00. The number of hydrogen-bond donors (Lipinski definition) is 3. The monoisotopic (exact) mass is 467 g/mol. The minimum Gasteiger partial charge on any atom is -0.481 e. The van der Waals surface area contributed by atoms with Crippen LogP contribution in [0.5, 0.6) is 0 Å². The second kappa shape index (κ2) is 10.6. The van der Waals surface area contributed by atoms with Crippen LogP contribution in [0.25, 0.3) is 0 Å². The van der Waals surface area contributed by atoms with Crippen molar-refractivity contribution in [3.05, 3.63) is 107 Å². The molecule has 0 aliphatic carbocycles. The van der Waals surface area contributed by atoms with Crippen molar-refractivity contribution in [2.24, 2.45) is 0 Å². The van der Waals surface area contributed by atoms with E-state index in [9.17, 15) is 29.0 Å². The van der Waals surface area contributed by atoms with E-state index in [0.29, 0.717) is 11.1 Å². The second-order valence-corrected chi connectivity index (χ2v) is 9.61. The van der Waals surface area contributed by atoms with Gasteiger partial charge in [0.2, 0.25) is 0 Å². The van der Waals surface area contributed by atoms with E-state index in [4.69, 9.17) is 0 Å². The highest BCUT2D eigenvalue weighted by Crippen LogP contribution is 2.39. The van der Waals surface area contributed by atoms with Crippen LogP contribution in [0.3, 0.4) is 0 Å². The molecule has 0 saturated carbocycles. The summed E-state index contributed by atoms with van der Waals surface area (Å²) in [6.45, 7) is 2.04. The molecule has 3 rings (SSSR count). The fraction of sp³-hybridized carbons (Fsp3) is 0.200. The van der Waals surface area contributed by atoms with Crippen LogP contribution in [0.1, 0.15) is 45.1 Å². The lowest BCUT2D eigenvalue weighted by Crippen LogP contribution is -2.35. The number of nitrogens with zero attached hydrogens (tertiary/aromatic N) is 1. The number of rotatable bonds is 9. The van der Waals surface area contributed by atoms with Gasteiger partial charge in [0.15, 0.2) is 0 Å². The number of benzene rings is 3. The summed E-state index contributed by atoms with van der Waals surface area (Å²) in [7, 11) is -4.19. The van der Waals surface area contributed by atoms with Crippen LogP contribution >= 0.6 is 7.60 Å². The number of aliphatic carboxylic acids is 1. The van der Waals surface area contributed by atoms with E-state index < -0.39 is 19.6 Å². The Morgan fingerprint density at radius 1 is 0.909 bits per heavy atom. The lowest BCUT2D eigenvalue weighted by Gasteiger charge is -2.32. The van der Waals surface area contributed by atoms with E-state index in [2.05, 4.69) is 0 Å². The van der Waals surface area contributed by atoms with Crippen molar-refractivity contribution in [2.45, 2.75) is 32.1 Å². The maximum Gasteiger partial charge on any atom is 0.329 e. The Morgan fingerprint density at radius 2 is 1.55 bits per heavy atom. The third-order valence-electron chi connectivity index (χ3n) is 5.22. The molecule has 3 N–H and O–H groups in total. The molecule has 0 aliphatic rings. The molecule has 0 aliphatic heterocycles. The van der Waals surface area contributed by atoms with Gasteiger partial charge in [-0.2, -0.15) is 0 Å². The molecule has 0 aromatic heterocycles. The quantitative estimate of drug-likeness (QED) is 0.398. The molecule has 0 heterocycles. The number of carbonyl (C=O) groups is 2. The normalized spacial score (nSPS) is 12.2. The predicted octanol–water partition coefficient (Wildman–Crippen LogP) is 4.53. The van der Waals surface area contributed by atoms with E-state index in [-0.39, 0.29) is 25.0 Å². The van der Waals surface area contributed by atoms with Gasteiger partial charge in [-0.25, -0.2) is 0 Å². The van der Waals surface area contributed by atoms with E-state index in [1.165, 1.54) is 4.90 Å². The van der Waals surface area contributed by atoms with Crippen LogP contribution in [0.4, 0.5) is 0 Å². The summed E-state index contributed by atoms with van der Waals surface area (Å²) in [5.74, 6) is -1.33. The molecule has 3 aromatic carbocycles. The van der Waals surface area contributed by atoms with Crippen molar-refractivity contribution in [1.82, 2.24) is 4.90 Å². The average Bonchev–Trinajstić information content (AvgIpc) is 2.76. The van der Waals surface area contributed by atoms with E-state index in [1.54, 1.807) is 54.6 Å². The van der Waals surface area contributed by atoms with E-state index in [1.807, 2.05) is 31.2 Å². The smallest absolute Gasteiger partial charge is 0.329 e. The molecule has 0 bridgehead atoms. The van der Waals surface area contributed by atoms with Gasteiger partial charge in [0.05, 0.1) is 18.6 Å². The van der Waals surface area contributed by atoms with Gasteiger partial charge in [0, 0.05) is 12.1 Å². The number of carboxylic acids is 1. The Morgan fingerprint density at radius 3 is 2.12 bits per heavy atom. The number of carboxylic acid groups (broad SMARTS) is 1. The fourth-order valence-corrected chi connectivity index (χ4v) is 4.39. The highest BCUT2D eigenvalue weighted by atomic mass is 31.2. The largest absolute Gasteiger partial charge is 0.481 e. The first-order chi connectivity index (χ1) is 15.6. The number of amides is 1. The van der Waals surface area contributed by atoms with Gasteiger partial charge in [-0.3, -0.25) is 14.2 Å². The lowest BCUT2D eigenvalue weighted by atomic mass is 9.98. The summed E-state index contributed by atoms with van der Waals surface area (Å²) in [4.78, 5) is 45.2. The van der Waals surface area contributed by atoms with Gasteiger partial charge in [0.25, 0.3) is 5.91 Å². The first-order valence-electron chi connectivity index (χ1n) is 10.4. The topological polar surface area (TPSA) is 115 Å². The Bertz CT molecular complexity index is 1160. The van der Waals surface area contributed by atoms with Crippen LogP contribution in [0.2, 0.25) is 0 Å². The average molecular weight is 467 g/mol. The standard InChI is InChI=1S/C25H26NO6P/c1-18-6-5-9-22(14-18)23(15-24(27)28)26(25(29)21-7-3-2-4-8-21)16-19-10-12-20(13-11-19)17-33(30,31)32/h2-14,23H,15-17H2,1H3,(H,27,28)(H2,30,31,32). The van der Waals surface area contributed by atoms with E-state index >= 15 is 0 Å². The zero-order valence-electron chi connectivity index (χ0n) is 18.2. The molecular weight excluding hydrogens is 441 g/mol. The molecule has 7 nitrogen and oxygen atoms in total. The maximum atomic E-state index is 13.5. The van der Waals surface area contributed by atoms with Crippen molar-refractivity contribution < 1.29 is 29.0 Å². The number of carbonyl (C=O) groups excluding carboxylic acids is 1. The zero-order chi connectivity index (χ0) is 24.0. The van der Waals surface area contributed by atoms with Crippen LogP contribution in [-0.2, 0) is 22.1 Å². The van der Waals surface area contributed by atoms with Gasteiger partial charge < -0.3 is 19.8 Å². The van der Waals surface area contributed by atoms with Crippen LogP contribution in [0, 0.1) is 6.92 Å². The highest BCUT2D eigenvalue weighted by Gasteiger charge is 2.28. The summed E-state index contributed by atoms with van der Waals surface area (Å²) in [5, 5.41) is 9.61. The molecule has 3 aromatic rings. The second-order valence-electron chi connectivity index (χ2n) is 7.97. The molecule has 0 fully saturated rings. The SMILES string of the molecule is Cc1cccc(C(CC(=O)O)N(Cc2ccc(CP(=O)(O)O)cc2)C(=O)c2ccccc2)c1. The van der Waals surface area contributed by atoms with Gasteiger partial charge in [0.1, 0.15) is 0 Å². The molecule has 172 valence electrons. The van der Waals surface area contributed by atoms with E-state index in [0.717, 1.165) is 16.7 Å². The lowest BCUT2D eigenvalue weighted by molar-refractivity contribution is -0.138. The molecule has 0 saturated heterocycles. The molecule has 1 unspecified atom stereocenters. The first-order valence-corrected chi connectivity index (χ1v) is 12.2. The van der Waals surface area contributed by atoms with Crippen LogP contribution in [0.15, 0.2) is 78.9 Å². The third kappa shape index (κ3) is 7.12. The molecule has 0 spiro atoms. The number of hydrogen-bond acceptors (Lipinski definition) is 3. The Hall–Kier alpha value is -3.25. The minimum atomic E-state index is -4.19. The Kier molecular flexibility index (Phi) is 7.82. The third-order valence-corrected chi connectivity index (χ3v) is 5.99. The molecular formula is C25H26NO6P. The van der Waals surface area contributed by atoms with Crippen molar-refractivity contribution in [3.63, 3.8) is 0 Å². The van der Waals surface area contributed by atoms with Crippen molar-refractivity contribution in [1.29, 1.82) is 0 Å². The molecule has 0 radical (unpaired) electrons. The molecule has 1 amide bonds. The number of aryl methyl sites for hydroxylation is 1. The summed E-state index contributed by atoms with van der Waals surface area (Å²) >= 11 is 0. The predicted molar refractivity (Wildman–Crippen MR) is 125 cm³/mol. The van der Waals surface area contributed by atoms with Crippen LogP contribution < -0.4 is 0 Å². The fourth-order valence-electron chi connectivity index (χ4n) is 3.71. The van der Waals surface area contributed by atoms with Gasteiger partial charge in [-0.15, -0.1) is 0 Å². The van der Waals surface area contributed by atoms with Gasteiger partial charge in [-0.1, -0.05) is 72.3 Å². The summed E-state index contributed by atoms with van der Waals surface area (Å²) < 4.78 is 11.3. The van der Waals surface area contributed by atoms with Crippen molar-refractivity contribution in [3.8, 4) is 0 Å². The Labute approximate surface area is 192 Å². The van der Waals surface area contributed by atoms with Gasteiger partial charge in [-0.05, 0) is 35.7 Å². The minimum absolute atomic E-state index is 0.135.